The van der Waals surface area contributed by atoms with E-state index in [2.05, 4.69) is 10.2 Å². The molecule has 3 heteroatoms. The van der Waals surface area contributed by atoms with Gasteiger partial charge in [0.1, 0.15) is 0 Å². The van der Waals surface area contributed by atoms with Crippen molar-refractivity contribution >= 4 is 5.91 Å². The largest absolute Gasteiger partial charge is 0.342 e. The van der Waals surface area contributed by atoms with Crippen molar-refractivity contribution in [1.29, 1.82) is 0 Å². The molecule has 3 fully saturated rings. The summed E-state index contributed by atoms with van der Waals surface area (Å²) in [5, 5.41) is 3.44. The lowest BCUT2D eigenvalue weighted by atomic mass is 9.82. The van der Waals surface area contributed by atoms with Gasteiger partial charge in [0.25, 0.3) is 0 Å². The Morgan fingerprint density at radius 3 is 2.88 bits per heavy atom. The maximum Gasteiger partial charge on any atom is 0.222 e. The van der Waals surface area contributed by atoms with Gasteiger partial charge in [0.15, 0.2) is 0 Å². The molecule has 90 valence electrons. The van der Waals surface area contributed by atoms with Crippen LogP contribution in [-0.2, 0) is 4.79 Å². The zero-order valence-electron chi connectivity index (χ0n) is 10.0. The Balaban J connectivity index is 1.54. The van der Waals surface area contributed by atoms with Crippen LogP contribution in [0.4, 0.5) is 0 Å². The summed E-state index contributed by atoms with van der Waals surface area (Å²) in [4.78, 5) is 14.2. The first-order valence-electron chi connectivity index (χ1n) is 6.76. The number of amides is 1. The van der Waals surface area contributed by atoms with Crippen molar-refractivity contribution in [1.82, 2.24) is 10.2 Å². The minimum Gasteiger partial charge on any atom is -0.342 e. The normalized spacial score (nSPS) is 34.6. The summed E-state index contributed by atoms with van der Waals surface area (Å²) in [6.07, 6.45) is 7.21. The molecule has 0 aromatic heterocycles. The first-order valence-corrected chi connectivity index (χ1v) is 6.76. The van der Waals surface area contributed by atoms with Gasteiger partial charge >= 0.3 is 0 Å². The number of hydrogen-bond acceptors (Lipinski definition) is 2. The van der Waals surface area contributed by atoms with Gasteiger partial charge in [-0.25, -0.2) is 0 Å². The molecule has 3 nitrogen and oxygen atoms in total. The molecule has 0 aromatic rings. The molecule has 0 radical (unpaired) electrons. The summed E-state index contributed by atoms with van der Waals surface area (Å²) < 4.78 is 0. The van der Waals surface area contributed by atoms with E-state index in [4.69, 9.17) is 0 Å². The first-order chi connectivity index (χ1) is 7.77. The molecule has 3 aliphatic rings. The van der Waals surface area contributed by atoms with E-state index in [1.807, 2.05) is 0 Å². The predicted octanol–water partition coefficient (Wildman–Crippen LogP) is 1.39. The molecule has 1 amide bonds. The van der Waals surface area contributed by atoms with Crippen LogP contribution in [0.15, 0.2) is 0 Å². The third-order valence-corrected chi connectivity index (χ3v) is 4.81. The van der Waals surface area contributed by atoms with Gasteiger partial charge in [0.2, 0.25) is 5.91 Å². The highest BCUT2D eigenvalue weighted by Gasteiger charge is 2.42. The Morgan fingerprint density at radius 2 is 2.25 bits per heavy atom. The number of nitrogens with zero attached hydrogens (tertiary/aromatic N) is 1. The highest BCUT2D eigenvalue weighted by Crippen LogP contribution is 2.37. The Hall–Kier alpha value is -0.570. The second-order valence-electron chi connectivity index (χ2n) is 5.99. The molecule has 1 unspecified atom stereocenters. The summed E-state index contributed by atoms with van der Waals surface area (Å²) in [7, 11) is 0. The highest BCUT2D eigenvalue weighted by molar-refractivity contribution is 5.77. The molecule has 2 saturated heterocycles. The van der Waals surface area contributed by atoms with E-state index in [1.54, 1.807) is 0 Å². The van der Waals surface area contributed by atoms with Crippen LogP contribution in [0.5, 0.6) is 0 Å². The standard InChI is InChI=1S/C13H22N2O/c16-12(8-11-2-1-3-11)15-7-5-13(10-15)4-6-14-9-13/h11,14H,1-10H2. The van der Waals surface area contributed by atoms with E-state index in [-0.39, 0.29) is 0 Å². The molecule has 1 aliphatic carbocycles. The molecule has 0 bridgehead atoms. The number of likely N-dealkylation sites (tertiary alicyclic amines) is 1. The van der Waals surface area contributed by atoms with E-state index >= 15 is 0 Å². The zero-order chi connectivity index (χ0) is 11.0. The van der Waals surface area contributed by atoms with Crippen molar-refractivity contribution in [3.05, 3.63) is 0 Å². The number of carbonyl (C=O) groups excluding carboxylic acids is 1. The molecule has 2 heterocycles. The number of hydrogen-bond donors (Lipinski definition) is 1. The molecule has 1 spiro atoms. The molecular formula is C13H22N2O. The van der Waals surface area contributed by atoms with Crippen LogP contribution in [0.1, 0.15) is 38.5 Å². The van der Waals surface area contributed by atoms with Crippen molar-refractivity contribution < 1.29 is 4.79 Å². The minimum absolute atomic E-state index is 0.425. The fourth-order valence-electron chi connectivity index (χ4n) is 3.36. The monoisotopic (exact) mass is 222 g/mol. The second kappa shape index (κ2) is 4.02. The van der Waals surface area contributed by atoms with Crippen LogP contribution in [0.2, 0.25) is 0 Å². The number of rotatable bonds is 2. The highest BCUT2D eigenvalue weighted by atomic mass is 16.2. The molecule has 3 rings (SSSR count). The SMILES string of the molecule is O=C(CC1CCC1)N1CCC2(CCNC2)C1. The van der Waals surface area contributed by atoms with Crippen molar-refractivity contribution in [2.45, 2.75) is 38.5 Å². The molecule has 1 atom stereocenters. The van der Waals surface area contributed by atoms with Crippen molar-refractivity contribution in [3.8, 4) is 0 Å². The van der Waals surface area contributed by atoms with Gasteiger partial charge in [-0.1, -0.05) is 6.42 Å². The Bertz CT molecular complexity index is 280. The number of nitrogens with one attached hydrogen (secondary N) is 1. The van der Waals surface area contributed by atoms with E-state index in [0.29, 0.717) is 17.2 Å². The van der Waals surface area contributed by atoms with Crippen LogP contribution in [0, 0.1) is 11.3 Å². The second-order valence-corrected chi connectivity index (χ2v) is 5.99. The Labute approximate surface area is 97.6 Å². The van der Waals surface area contributed by atoms with Crippen LogP contribution >= 0.6 is 0 Å². The molecule has 1 N–H and O–H groups in total. The number of carbonyl (C=O) groups is 1. The summed E-state index contributed by atoms with van der Waals surface area (Å²) in [6.45, 7) is 4.30. The summed E-state index contributed by atoms with van der Waals surface area (Å²) in [5.74, 6) is 1.14. The molecule has 1 saturated carbocycles. The van der Waals surface area contributed by atoms with Crippen molar-refractivity contribution in [2.75, 3.05) is 26.2 Å². The smallest absolute Gasteiger partial charge is 0.222 e. The fraction of sp³-hybridized carbons (Fsp3) is 0.923. The summed E-state index contributed by atoms with van der Waals surface area (Å²) >= 11 is 0. The maximum absolute atomic E-state index is 12.1. The quantitative estimate of drug-likeness (QED) is 0.765. The Morgan fingerprint density at radius 1 is 1.38 bits per heavy atom. The third kappa shape index (κ3) is 1.86. The van der Waals surface area contributed by atoms with E-state index < -0.39 is 0 Å². The summed E-state index contributed by atoms with van der Waals surface area (Å²) in [6, 6.07) is 0. The van der Waals surface area contributed by atoms with Gasteiger partial charge in [-0.15, -0.1) is 0 Å². The lowest BCUT2D eigenvalue weighted by Gasteiger charge is -2.28. The topological polar surface area (TPSA) is 32.3 Å². The average molecular weight is 222 g/mol. The van der Waals surface area contributed by atoms with Gasteiger partial charge in [-0.05, 0) is 38.1 Å². The van der Waals surface area contributed by atoms with E-state index in [9.17, 15) is 4.79 Å². The lowest BCUT2D eigenvalue weighted by molar-refractivity contribution is -0.132. The van der Waals surface area contributed by atoms with Gasteiger partial charge in [-0.2, -0.15) is 0 Å². The van der Waals surface area contributed by atoms with Crippen LogP contribution in [0.3, 0.4) is 0 Å². The van der Waals surface area contributed by atoms with E-state index in [1.165, 1.54) is 32.1 Å². The van der Waals surface area contributed by atoms with Crippen LogP contribution in [-0.4, -0.2) is 37.0 Å². The predicted molar refractivity (Wildman–Crippen MR) is 63.1 cm³/mol. The molecular weight excluding hydrogens is 200 g/mol. The molecule has 16 heavy (non-hydrogen) atoms. The van der Waals surface area contributed by atoms with Gasteiger partial charge in [0, 0.05) is 31.5 Å². The van der Waals surface area contributed by atoms with Crippen LogP contribution in [0.25, 0.3) is 0 Å². The molecule has 2 aliphatic heterocycles. The molecule has 0 aromatic carbocycles. The van der Waals surface area contributed by atoms with Gasteiger partial charge in [-0.3, -0.25) is 4.79 Å². The minimum atomic E-state index is 0.425. The third-order valence-electron chi connectivity index (χ3n) is 4.81. The maximum atomic E-state index is 12.1. The zero-order valence-corrected chi connectivity index (χ0v) is 10.0. The Kier molecular flexibility index (Phi) is 2.66. The first kappa shape index (κ1) is 10.6. The lowest BCUT2D eigenvalue weighted by Crippen LogP contribution is -2.34. The van der Waals surface area contributed by atoms with Crippen molar-refractivity contribution in [3.63, 3.8) is 0 Å². The van der Waals surface area contributed by atoms with Crippen molar-refractivity contribution in [2.24, 2.45) is 11.3 Å². The average Bonchev–Trinajstić information content (AvgIpc) is 2.83. The fourth-order valence-corrected chi connectivity index (χ4v) is 3.36. The van der Waals surface area contributed by atoms with Gasteiger partial charge in [0.05, 0.1) is 0 Å². The van der Waals surface area contributed by atoms with Gasteiger partial charge < -0.3 is 10.2 Å². The van der Waals surface area contributed by atoms with Crippen LogP contribution < -0.4 is 5.32 Å². The summed E-state index contributed by atoms with van der Waals surface area (Å²) in [5.41, 5.74) is 0.440. The van der Waals surface area contributed by atoms with E-state index in [0.717, 1.165) is 32.6 Å².